The molecule has 0 spiro atoms. The van der Waals surface area contributed by atoms with Crippen LogP contribution in [0.4, 0.5) is 0 Å². The van der Waals surface area contributed by atoms with Crippen molar-refractivity contribution in [2.45, 2.75) is 12.2 Å². The van der Waals surface area contributed by atoms with Gasteiger partial charge in [0.2, 0.25) is 0 Å². The minimum Gasteiger partial charge on any atom is -0.493 e. The van der Waals surface area contributed by atoms with E-state index in [2.05, 4.69) is 28.7 Å². The highest BCUT2D eigenvalue weighted by Gasteiger charge is 2.39. The number of carbonyl (C=O) groups is 1. The summed E-state index contributed by atoms with van der Waals surface area (Å²) < 4.78 is 11.6. The summed E-state index contributed by atoms with van der Waals surface area (Å²) in [5.41, 5.74) is 2.97. The maximum Gasteiger partial charge on any atom is 0.281 e. The Morgan fingerprint density at radius 2 is 1.52 bits per heavy atom. The van der Waals surface area contributed by atoms with Gasteiger partial charge in [-0.15, -0.1) is 0 Å². The summed E-state index contributed by atoms with van der Waals surface area (Å²) >= 11 is 6.58. The van der Waals surface area contributed by atoms with Crippen molar-refractivity contribution in [3.63, 3.8) is 0 Å². The van der Waals surface area contributed by atoms with Gasteiger partial charge in [-0.25, -0.2) is 5.43 Å². The van der Waals surface area contributed by atoms with Gasteiger partial charge in [-0.2, -0.15) is 5.10 Å². The zero-order valence-electron chi connectivity index (χ0n) is 21.8. The number of halogens is 1. The van der Waals surface area contributed by atoms with E-state index in [1.165, 1.54) is 13.3 Å². The van der Waals surface area contributed by atoms with E-state index in [1.54, 1.807) is 60.7 Å². The average molecular weight is 551 g/mol. The highest BCUT2D eigenvalue weighted by molar-refractivity contribution is 6.32. The molecule has 40 heavy (non-hydrogen) atoms. The molecule has 0 saturated heterocycles. The third-order valence-corrected chi connectivity index (χ3v) is 6.88. The van der Waals surface area contributed by atoms with Crippen LogP contribution >= 0.6 is 11.6 Å². The van der Waals surface area contributed by atoms with E-state index in [-0.39, 0.29) is 0 Å². The van der Waals surface area contributed by atoms with Gasteiger partial charge in [-0.05, 0) is 45.2 Å². The van der Waals surface area contributed by atoms with Gasteiger partial charge in [0.05, 0.1) is 18.3 Å². The van der Waals surface area contributed by atoms with Gasteiger partial charge in [0.1, 0.15) is 6.61 Å². The maximum atomic E-state index is 13.3. The normalized spacial score (nSPS) is 11.5. The van der Waals surface area contributed by atoms with E-state index in [0.717, 1.165) is 16.3 Å². The molecule has 5 rings (SSSR count). The monoisotopic (exact) mass is 550 g/mol. The van der Waals surface area contributed by atoms with Crippen molar-refractivity contribution < 1.29 is 19.4 Å². The highest BCUT2D eigenvalue weighted by atomic mass is 35.5. The molecule has 7 heteroatoms. The number of rotatable bonds is 9. The van der Waals surface area contributed by atoms with E-state index in [0.29, 0.717) is 39.8 Å². The van der Waals surface area contributed by atoms with E-state index in [1.807, 2.05) is 36.4 Å². The summed E-state index contributed by atoms with van der Waals surface area (Å²) in [6, 6.07) is 35.0. The molecule has 0 bridgehead atoms. The van der Waals surface area contributed by atoms with Crippen molar-refractivity contribution in [2.75, 3.05) is 7.11 Å². The maximum absolute atomic E-state index is 13.3. The molecule has 1 amide bonds. The number of benzene rings is 5. The van der Waals surface area contributed by atoms with Gasteiger partial charge >= 0.3 is 0 Å². The number of ether oxygens (including phenoxy) is 2. The van der Waals surface area contributed by atoms with Crippen LogP contribution in [0.15, 0.2) is 120 Å². The lowest BCUT2D eigenvalue weighted by molar-refractivity contribution is -0.136. The Kier molecular flexibility index (Phi) is 8.10. The number of methoxy groups -OCH3 is 1. The van der Waals surface area contributed by atoms with Gasteiger partial charge < -0.3 is 14.6 Å². The number of nitrogens with zero attached hydrogens (tertiary/aromatic N) is 1. The van der Waals surface area contributed by atoms with Gasteiger partial charge in [-0.1, -0.05) is 115 Å². The van der Waals surface area contributed by atoms with Crippen LogP contribution in [0.3, 0.4) is 0 Å². The fourth-order valence-electron chi connectivity index (χ4n) is 4.56. The molecular weight excluding hydrogens is 524 g/mol. The second kappa shape index (κ2) is 12.0. The van der Waals surface area contributed by atoms with Gasteiger partial charge in [0.15, 0.2) is 17.1 Å². The van der Waals surface area contributed by atoms with Gasteiger partial charge in [-0.3, -0.25) is 4.79 Å². The molecule has 5 aromatic carbocycles. The van der Waals surface area contributed by atoms with Crippen molar-refractivity contribution in [1.82, 2.24) is 5.43 Å². The molecule has 6 nitrogen and oxygen atoms in total. The number of hydrogen-bond acceptors (Lipinski definition) is 5. The lowest BCUT2D eigenvalue weighted by atomic mass is 9.85. The summed E-state index contributed by atoms with van der Waals surface area (Å²) in [7, 11) is 1.53. The van der Waals surface area contributed by atoms with Crippen molar-refractivity contribution in [3.8, 4) is 11.5 Å². The Hall–Kier alpha value is -4.65. The summed E-state index contributed by atoms with van der Waals surface area (Å²) in [5, 5.41) is 18.2. The second-order valence-electron chi connectivity index (χ2n) is 9.10. The molecule has 0 unspecified atom stereocenters. The predicted molar refractivity (Wildman–Crippen MR) is 158 cm³/mol. The first-order chi connectivity index (χ1) is 19.5. The lowest BCUT2D eigenvalue weighted by Gasteiger charge is -2.27. The topological polar surface area (TPSA) is 80.2 Å². The molecular formula is C33H27ClN2O4. The molecule has 0 radical (unpaired) electrons. The Labute approximate surface area is 237 Å². The number of nitrogens with one attached hydrogen (secondary N) is 1. The van der Waals surface area contributed by atoms with Gasteiger partial charge in [0.25, 0.3) is 5.91 Å². The molecule has 0 heterocycles. The summed E-state index contributed by atoms with van der Waals surface area (Å²) in [6.07, 6.45) is 1.43. The standard InChI is InChI=1S/C33H27ClN2O4/c1-39-30-20-23(19-29(34)31(30)40-22-25-13-10-12-24-11-8-9-18-28(24)25)21-35-36-32(37)33(38,26-14-4-2-5-15-26)27-16-6-3-7-17-27/h2-21,38H,22H2,1H3,(H,36,37)/b35-21-. The zero-order valence-corrected chi connectivity index (χ0v) is 22.5. The van der Waals surface area contributed by atoms with Crippen LogP contribution in [0.1, 0.15) is 22.3 Å². The van der Waals surface area contributed by atoms with Crippen molar-refractivity contribution in [1.29, 1.82) is 0 Å². The highest BCUT2D eigenvalue weighted by Crippen LogP contribution is 2.37. The van der Waals surface area contributed by atoms with Crippen LogP contribution in [-0.2, 0) is 17.0 Å². The Morgan fingerprint density at radius 1 is 0.900 bits per heavy atom. The Bertz CT molecular complexity index is 1610. The molecule has 2 N–H and O–H groups in total. The largest absolute Gasteiger partial charge is 0.493 e. The smallest absolute Gasteiger partial charge is 0.281 e. The van der Waals surface area contributed by atoms with Crippen LogP contribution in [-0.4, -0.2) is 24.3 Å². The predicted octanol–water partition coefficient (Wildman–Crippen LogP) is 6.47. The second-order valence-corrected chi connectivity index (χ2v) is 9.51. The molecule has 0 aliphatic carbocycles. The first-order valence-corrected chi connectivity index (χ1v) is 13.0. The molecule has 200 valence electrons. The number of aliphatic hydroxyl groups is 1. The number of fused-ring (bicyclic) bond motifs is 1. The fraction of sp³-hybridized carbons (Fsp3) is 0.0909. The van der Waals surface area contributed by atoms with Crippen LogP contribution in [0.25, 0.3) is 10.8 Å². The first kappa shape index (κ1) is 26.9. The molecule has 0 atom stereocenters. The van der Waals surface area contributed by atoms with Crippen LogP contribution in [0.2, 0.25) is 5.02 Å². The molecule has 0 aliphatic heterocycles. The van der Waals surface area contributed by atoms with E-state index >= 15 is 0 Å². The Morgan fingerprint density at radius 3 is 2.20 bits per heavy atom. The minimum absolute atomic E-state index is 0.304. The summed E-state index contributed by atoms with van der Waals surface area (Å²) in [4.78, 5) is 13.3. The number of amides is 1. The molecule has 0 saturated carbocycles. The Balaban J connectivity index is 1.34. The van der Waals surface area contributed by atoms with Crippen LogP contribution in [0, 0.1) is 0 Å². The molecule has 0 aliphatic rings. The number of carbonyl (C=O) groups excluding carboxylic acids is 1. The third kappa shape index (κ3) is 5.54. The van der Waals surface area contributed by atoms with E-state index in [9.17, 15) is 9.90 Å². The number of hydrazone groups is 1. The van der Waals surface area contributed by atoms with Crippen molar-refractivity contribution >= 4 is 34.5 Å². The fourth-order valence-corrected chi connectivity index (χ4v) is 4.83. The quantitative estimate of drug-likeness (QED) is 0.163. The average Bonchev–Trinajstić information content (AvgIpc) is 3.00. The van der Waals surface area contributed by atoms with Crippen molar-refractivity contribution in [2.24, 2.45) is 5.10 Å². The third-order valence-electron chi connectivity index (χ3n) is 6.60. The molecule has 0 fully saturated rings. The van der Waals surface area contributed by atoms with Crippen LogP contribution < -0.4 is 14.9 Å². The van der Waals surface area contributed by atoms with Gasteiger partial charge in [0, 0.05) is 0 Å². The van der Waals surface area contributed by atoms with Crippen LogP contribution in [0.5, 0.6) is 11.5 Å². The minimum atomic E-state index is -1.94. The number of hydrogen-bond donors (Lipinski definition) is 2. The van der Waals surface area contributed by atoms with E-state index in [4.69, 9.17) is 21.1 Å². The summed E-state index contributed by atoms with van der Waals surface area (Å²) in [5.74, 6) is 0.126. The lowest BCUT2D eigenvalue weighted by Crippen LogP contribution is -2.43. The molecule has 0 aromatic heterocycles. The molecule has 5 aromatic rings. The first-order valence-electron chi connectivity index (χ1n) is 12.6. The SMILES string of the molecule is COc1cc(/C=N\NC(=O)C(O)(c2ccccc2)c2ccccc2)cc(Cl)c1OCc1cccc2ccccc12. The van der Waals surface area contributed by atoms with Crippen molar-refractivity contribution in [3.05, 3.63) is 143 Å². The summed E-state index contributed by atoms with van der Waals surface area (Å²) in [6.45, 7) is 0.304. The zero-order chi connectivity index (χ0) is 28.0. The van der Waals surface area contributed by atoms with E-state index < -0.39 is 11.5 Å².